The summed E-state index contributed by atoms with van der Waals surface area (Å²) in [5.41, 5.74) is 7.55. The average Bonchev–Trinajstić information content (AvgIpc) is 3.09. The number of fused-ring (bicyclic) bond motifs is 1. The molecule has 0 spiro atoms. The fourth-order valence-corrected chi connectivity index (χ4v) is 3.18. The number of nitrogens with two attached hydrogens (primary N) is 1. The summed E-state index contributed by atoms with van der Waals surface area (Å²) in [6, 6.07) is 14.0. The summed E-state index contributed by atoms with van der Waals surface area (Å²) < 4.78 is 5.94. The van der Waals surface area contributed by atoms with E-state index in [9.17, 15) is 0 Å². The highest BCUT2D eigenvalue weighted by atomic mass is 16.5. The minimum absolute atomic E-state index is 0.126. The fraction of sp³-hybridized carbons (Fsp3) is 0.278. The molecule has 1 saturated heterocycles. The van der Waals surface area contributed by atoms with Crippen LogP contribution in [0.2, 0.25) is 0 Å². The van der Waals surface area contributed by atoms with Gasteiger partial charge >= 0.3 is 0 Å². The normalized spacial score (nSPS) is 20.3. The lowest BCUT2D eigenvalue weighted by molar-refractivity contribution is 0.0933. The molecule has 1 aromatic carbocycles. The van der Waals surface area contributed by atoms with Gasteiger partial charge in [-0.15, -0.1) is 0 Å². The Balaban J connectivity index is 1.52. The molecule has 1 fully saturated rings. The van der Waals surface area contributed by atoms with Gasteiger partial charge in [0.25, 0.3) is 0 Å². The second kappa shape index (κ2) is 6.41. The Morgan fingerprint density at radius 1 is 1.12 bits per heavy atom. The molecule has 6 nitrogen and oxygen atoms in total. The number of benzene rings is 1. The molecule has 0 radical (unpaired) electrons. The van der Waals surface area contributed by atoms with Crippen LogP contribution in [0, 0.1) is 5.92 Å². The van der Waals surface area contributed by atoms with E-state index in [2.05, 4.69) is 44.5 Å². The van der Waals surface area contributed by atoms with Crippen molar-refractivity contribution in [3.63, 3.8) is 0 Å². The molecule has 0 bridgehead atoms. The maximum absolute atomic E-state index is 5.94. The van der Waals surface area contributed by atoms with Gasteiger partial charge in [0.1, 0.15) is 18.0 Å². The Hall–Kier alpha value is -2.73. The van der Waals surface area contributed by atoms with Crippen molar-refractivity contribution >= 4 is 22.7 Å². The Morgan fingerprint density at radius 2 is 2.00 bits per heavy atom. The molecule has 3 heterocycles. The molecule has 0 amide bonds. The highest BCUT2D eigenvalue weighted by Gasteiger charge is 2.29. The van der Waals surface area contributed by atoms with Crippen LogP contribution >= 0.6 is 0 Å². The zero-order valence-corrected chi connectivity index (χ0v) is 13.2. The van der Waals surface area contributed by atoms with E-state index in [1.165, 1.54) is 11.9 Å². The Labute approximate surface area is 140 Å². The van der Waals surface area contributed by atoms with Gasteiger partial charge in [0.05, 0.1) is 11.5 Å². The van der Waals surface area contributed by atoms with Crippen LogP contribution in [-0.4, -0.2) is 28.1 Å². The molecule has 24 heavy (non-hydrogen) atoms. The van der Waals surface area contributed by atoms with Crippen LogP contribution in [0.15, 0.2) is 48.8 Å². The third-order valence-corrected chi connectivity index (χ3v) is 4.39. The third kappa shape index (κ3) is 2.88. The molecule has 1 aliphatic heterocycles. The predicted molar refractivity (Wildman–Crippen MR) is 93.5 cm³/mol. The number of hydrogen-bond acceptors (Lipinski definition) is 6. The summed E-state index contributed by atoms with van der Waals surface area (Å²) in [7, 11) is 0. The van der Waals surface area contributed by atoms with Crippen molar-refractivity contribution in [1.29, 1.82) is 0 Å². The maximum Gasteiger partial charge on any atom is 0.166 e. The summed E-state index contributed by atoms with van der Waals surface area (Å²) in [5.74, 6) is 1.64. The molecule has 122 valence electrons. The fourth-order valence-electron chi connectivity index (χ4n) is 3.18. The van der Waals surface area contributed by atoms with Crippen LogP contribution < -0.4 is 11.1 Å². The SMILES string of the molecule is Nc1ccc2c(NC[C@H]3CCO[C@@H]3c3ccccc3)ncnc2n1. The number of nitrogens with one attached hydrogen (secondary N) is 1. The van der Waals surface area contributed by atoms with Gasteiger partial charge in [0.2, 0.25) is 0 Å². The third-order valence-electron chi connectivity index (χ3n) is 4.39. The lowest BCUT2D eigenvalue weighted by Gasteiger charge is -2.20. The second-order valence-corrected chi connectivity index (χ2v) is 5.96. The van der Waals surface area contributed by atoms with Gasteiger partial charge in [-0.25, -0.2) is 15.0 Å². The second-order valence-electron chi connectivity index (χ2n) is 5.96. The minimum Gasteiger partial charge on any atom is -0.384 e. The summed E-state index contributed by atoms with van der Waals surface area (Å²) in [6.45, 7) is 1.57. The van der Waals surface area contributed by atoms with Crippen LogP contribution in [0.1, 0.15) is 18.1 Å². The Morgan fingerprint density at radius 3 is 2.88 bits per heavy atom. The number of pyridine rings is 1. The van der Waals surface area contributed by atoms with Crippen molar-refractivity contribution in [3.05, 3.63) is 54.4 Å². The number of hydrogen-bond donors (Lipinski definition) is 2. The van der Waals surface area contributed by atoms with E-state index in [4.69, 9.17) is 10.5 Å². The summed E-state index contributed by atoms with van der Waals surface area (Å²) in [5, 5.41) is 4.31. The zero-order chi connectivity index (χ0) is 16.4. The van der Waals surface area contributed by atoms with Crippen LogP contribution in [0.4, 0.5) is 11.6 Å². The number of ether oxygens (including phenoxy) is 1. The first-order chi connectivity index (χ1) is 11.8. The number of rotatable bonds is 4. The van der Waals surface area contributed by atoms with Crippen LogP contribution in [0.25, 0.3) is 11.0 Å². The first-order valence-electron chi connectivity index (χ1n) is 8.09. The van der Waals surface area contributed by atoms with E-state index >= 15 is 0 Å². The van der Waals surface area contributed by atoms with Crippen LogP contribution in [0.3, 0.4) is 0 Å². The van der Waals surface area contributed by atoms with Crippen molar-refractivity contribution in [2.45, 2.75) is 12.5 Å². The van der Waals surface area contributed by atoms with Gasteiger partial charge < -0.3 is 15.8 Å². The molecule has 0 unspecified atom stereocenters. The van der Waals surface area contributed by atoms with Gasteiger partial charge in [-0.1, -0.05) is 30.3 Å². The van der Waals surface area contributed by atoms with Gasteiger partial charge in [0.15, 0.2) is 5.65 Å². The van der Waals surface area contributed by atoms with Gasteiger partial charge in [-0.2, -0.15) is 0 Å². The summed E-state index contributed by atoms with van der Waals surface area (Å²) in [6.07, 6.45) is 2.66. The number of nitrogens with zero attached hydrogens (tertiary/aromatic N) is 3. The smallest absolute Gasteiger partial charge is 0.166 e. The van der Waals surface area contributed by atoms with E-state index in [0.717, 1.165) is 30.8 Å². The monoisotopic (exact) mass is 321 g/mol. The molecule has 0 saturated carbocycles. The lowest BCUT2D eigenvalue weighted by atomic mass is 9.95. The lowest BCUT2D eigenvalue weighted by Crippen LogP contribution is -2.18. The molecule has 6 heteroatoms. The van der Waals surface area contributed by atoms with Crippen molar-refractivity contribution < 1.29 is 4.74 Å². The largest absolute Gasteiger partial charge is 0.384 e. The highest BCUT2D eigenvalue weighted by Crippen LogP contribution is 2.34. The molecule has 1 aliphatic rings. The average molecular weight is 321 g/mol. The highest BCUT2D eigenvalue weighted by molar-refractivity contribution is 5.87. The zero-order valence-electron chi connectivity index (χ0n) is 13.2. The summed E-state index contributed by atoms with van der Waals surface area (Å²) >= 11 is 0. The van der Waals surface area contributed by atoms with E-state index in [1.54, 1.807) is 6.07 Å². The number of nitrogen functional groups attached to an aromatic ring is 1. The molecular weight excluding hydrogens is 302 g/mol. The van der Waals surface area contributed by atoms with Crippen molar-refractivity contribution in [2.75, 3.05) is 24.2 Å². The summed E-state index contributed by atoms with van der Waals surface area (Å²) in [4.78, 5) is 12.8. The van der Waals surface area contributed by atoms with Gasteiger partial charge in [0, 0.05) is 19.1 Å². The molecule has 3 aromatic rings. The van der Waals surface area contributed by atoms with E-state index in [1.807, 2.05) is 12.1 Å². The maximum atomic E-state index is 5.94. The van der Waals surface area contributed by atoms with Crippen LogP contribution in [0.5, 0.6) is 0 Å². The Bertz CT molecular complexity index is 839. The topological polar surface area (TPSA) is 86.0 Å². The van der Waals surface area contributed by atoms with E-state index in [-0.39, 0.29) is 6.10 Å². The quantitative estimate of drug-likeness (QED) is 0.768. The Kier molecular flexibility index (Phi) is 3.96. The van der Waals surface area contributed by atoms with E-state index in [0.29, 0.717) is 17.4 Å². The first-order valence-corrected chi connectivity index (χ1v) is 8.09. The number of anilines is 2. The molecule has 4 rings (SSSR count). The van der Waals surface area contributed by atoms with Crippen molar-refractivity contribution in [1.82, 2.24) is 15.0 Å². The van der Waals surface area contributed by atoms with Crippen LogP contribution in [-0.2, 0) is 4.74 Å². The molecule has 2 atom stereocenters. The molecule has 2 aromatic heterocycles. The molecule has 3 N–H and O–H groups in total. The van der Waals surface area contributed by atoms with Crippen molar-refractivity contribution in [2.24, 2.45) is 5.92 Å². The standard InChI is InChI=1S/C18H19N5O/c19-15-7-6-14-17(21-11-22-18(14)23-15)20-10-13-8-9-24-16(13)12-4-2-1-3-5-12/h1-7,11,13,16H,8-10H2,(H3,19,20,21,22,23)/t13-,16-/m1/s1. The number of aromatic nitrogens is 3. The van der Waals surface area contributed by atoms with Gasteiger partial charge in [-0.05, 0) is 24.1 Å². The van der Waals surface area contributed by atoms with Gasteiger partial charge in [-0.3, -0.25) is 0 Å². The minimum atomic E-state index is 0.126. The van der Waals surface area contributed by atoms with E-state index < -0.39 is 0 Å². The molecule has 0 aliphatic carbocycles. The predicted octanol–water partition coefficient (Wildman–Crippen LogP) is 2.80. The first kappa shape index (κ1) is 14.8. The molecular formula is C18H19N5O. The van der Waals surface area contributed by atoms with Crippen molar-refractivity contribution in [3.8, 4) is 0 Å².